The second kappa shape index (κ2) is 7.89. The van der Waals surface area contributed by atoms with Crippen LogP contribution in [0, 0.1) is 0 Å². The number of carbonyl (C=O) groups is 1. The van der Waals surface area contributed by atoms with Crippen LogP contribution in [0.15, 0.2) is 79.4 Å². The first-order chi connectivity index (χ1) is 12.7. The molecule has 2 aromatic heterocycles. The SMILES string of the molecule is C=C/C(=C\C(=C/C)C(=O)Nc1ccccc1)n1cc(-c2cnc[nH]2)nn1. The molecule has 0 aliphatic carbocycles. The molecule has 0 bridgehead atoms. The van der Waals surface area contributed by atoms with Crippen molar-refractivity contribution in [2.45, 2.75) is 6.92 Å². The number of imidazole rings is 1. The Hall–Kier alpha value is -3.74. The lowest BCUT2D eigenvalue weighted by Crippen LogP contribution is -2.13. The van der Waals surface area contributed by atoms with Gasteiger partial charge in [-0.1, -0.05) is 36.1 Å². The van der Waals surface area contributed by atoms with Crippen LogP contribution in [0.4, 0.5) is 5.69 Å². The molecule has 26 heavy (non-hydrogen) atoms. The smallest absolute Gasteiger partial charge is 0.255 e. The summed E-state index contributed by atoms with van der Waals surface area (Å²) >= 11 is 0. The number of amides is 1. The molecule has 7 heteroatoms. The molecular weight excluding hydrogens is 328 g/mol. The minimum atomic E-state index is -0.216. The Kier molecular flexibility index (Phi) is 5.19. The molecule has 0 aliphatic rings. The van der Waals surface area contributed by atoms with Gasteiger partial charge in [-0.15, -0.1) is 5.10 Å². The van der Waals surface area contributed by atoms with Crippen molar-refractivity contribution in [1.29, 1.82) is 0 Å². The molecule has 130 valence electrons. The number of H-pyrrole nitrogens is 1. The van der Waals surface area contributed by atoms with Crippen LogP contribution in [0.1, 0.15) is 6.92 Å². The number of anilines is 1. The van der Waals surface area contributed by atoms with E-state index in [0.717, 1.165) is 11.4 Å². The number of nitrogens with zero attached hydrogens (tertiary/aromatic N) is 4. The lowest BCUT2D eigenvalue weighted by molar-refractivity contribution is -0.112. The fourth-order valence-corrected chi connectivity index (χ4v) is 2.29. The predicted octanol–water partition coefficient (Wildman–Crippen LogP) is 3.28. The number of hydrogen-bond acceptors (Lipinski definition) is 4. The van der Waals surface area contributed by atoms with Gasteiger partial charge in [-0.25, -0.2) is 9.67 Å². The highest BCUT2D eigenvalue weighted by Crippen LogP contribution is 2.16. The number of aromatic amines is 1. The summed E-state index contributed by atoms with van der Waals surface area (Å²) in [5.74, 6) is -0.216. The van der Waals surface area contributed by atoms with Crippen LogP contribution in [0.5, 0.6) is 0 Å². The summed E-state index contributed by atoms with van der Waals surface area (Å²) in [6, 6.07) is 9.28. The zero-order valence-electron chi connectivity index (χ0n) is 14.3. The highest BCUT2D eigenvalue weighted by atomic mass is 16.1. The fourth-order valence-electron chi connectivity index (χ4n) is 2.29. The third-order valence-corrected chi connectivity index (χ3v) is 3.65. The molecule has 0 radical (unpaired) electrons. The van der Waals surface area contributed by atoms with Crippen LogP contribution in [0.2, 0.25) is 0 Å². The van der Waals surface area contributed by atoms with E-state index in [9.17, 15) is 4.79 Å². The number of benzene rings is 1. The largest absolute Gasteiger partial charge is 0.343 e. The van der Waals surface area contributed by atoms with Crippen molar-refractivity contribution in [3.63, 3.8) is 0 Å². The lowest BCUT2D eigenvalue weighted by Gasteiger charge is -2.07. The summed E-state index contributed by atoms with van der Waals surface area (Å²) in [5.41, 5.74) is 3.24. The number of nitrogens with one attached hydrogen (secondary N) is 2. The number of para-hydroxylation sites is 1. The van der Waals surface area contributed by atoms with Crippen molar-refractivity contribution in [2.75, 3.05) is 5.32 Å². The molecule has 2 N–H and O–H groups in total. The number of aromatic nitrogens is 5. The average Bonchev–Trinajstić information content (AvgIpc) is 3.35. The van der Waals surface area contributed by atoms with Gasteiger partial charge in [0.1, 0.15) is 5.69 Å². The Balaban J connectivity index is 1.82. The third kappa shape index (κ3) is 3.84. The van der Waals surface area contributed by atoms with Crippen LogP contribution in [-0.4, -0.2) is 30.9 Å². The Morgan fingerprint density at radius 1 is 1.31 bits per heavy atom. The summed E-state index contributed by atoms with van der Waals surface area (Å²) in [6.07, 6.45) is 10.0. The van der Waals surface area contributed by atoms with E-state index < -0.39 is 0 Å². The summed E-state index contributed by atoms with van der Waals surface area (Å²) in [7, 11) is 0. The van der Waals surface area contributed by atoms with Gasteiger partial charge in [-0.2, -0.15) is 0 Å². The van der Waals surface area contributed by atoms with Crippen molar-refractivity contribution >= 4 is 17.3 Å². The molecule has 1 aromatic carbocycles. The number of allylic oxidation sites excluding steroid dienone is 3. The standard InChI is InChI=1S/C19H18N6O/c1-3-14(19(26)22-15-8-6-5-7-9-15)10-16(4-2)25-12-18(23-24-25)17-11-20-13-21-17/h3-13H,2H2,1H3,(H,20,21)(H,22,26)/b14-3+,16-10+. The van der Waals surface area contributed by atoms with Crippen molar-refractivity contribution in [1.82, 2.24) is 25.0 Å². The van der Waals surface area contributed by atoms with E-state index in [1.165, 1.54) is 0 Å². The van der Waals surface area contributed by atoms with Gasteiger partial charge in [0.25, 0.3) is 5.91 Å². The normalized spacial score (nSPS) is 12.0. The Morgan fingerprint density at radius 3 is 2.77 bits per heavy atom. The van der Waals surface area contributed by atoms with Gasteiger partial charge in [0.05, 0.1) is 30.1 Å². The quantitative estimate of drug-likeness (QED) is 0.529. The van der Waals surface area contributed by atoms with Crippen molar-refractivity contribution < 1.29 is 4.79 Å². The molecule has 0 spiro atoms. The summed E-state index contributed by atoms with van der Waals surface area (Å²) in [5, 5.41) is 11.1. The summed E-state index contributed by atoms with van der Waals surface area (Å²) in [4.78, 5) is 19.4. The summed E-state index contributed by atoms with van der Waals surface area (Å²) < 4.78 is 1.56. The first kappa shape index (κ1) is 17.1. The van der Waals surface area contributed by atoms with Gasteiger partial charge in [0, 0.05) is 11.3 Å². The van der Waals surface area contributed by atoms with Crippen LogP contribution >= 0.6 is 0 Å². The third-order valence-electron chi connectivity index (χ3n) is 3.65. The Labute approximate surface area is 150 Å². The maximum Gasteiger partial charge on any atom is 0.255 e. The minimum Gasteiger partial charge on any atom is -0.343 e. The molecule has 0 saturated carbocycles. The molecule has 7 nitrogen and oxygen atoms in total. The van der Waals surface area contributed by atoms with E-state index >= 15 is 0 Å². The maximum atomic E-state index is 12.5. The highest BCUT2D eigenvalue weighted by Gasteiger charge is 2.10. The maximum absolute atomic E-state index is 12.5. The van der Waals surface area contributed by atoms with E-state index in [-0.39, 0.29) is 5.91 Å². The van der Waals surface area contributed by atoms with Crippen LogP contribution in [0.25, 0.3) is 17.1 Å². The second-order valence-corrected chi connectivity index (χ2v) is 5.35. The highest BCUT2D eigenvalue weighted by molar-refractivity contribution is 6.06. The zero-order chi connectivity index (χ0) is 18.4. The van der Waals surface area contributed by atoms with Gasteiger partial charge in [-0.05, 0) is 31.2 Å². The minimum absolute atomic E-state index is 0.216. The number of rotatable bonds is 6. The van der Waals surface area contributed by atoms with Gasteiger partial charge >= 0.3 is 0 Å². The van der Waals surface area contributed by atoms with E-state index in [4.69, 9.17) is 0 Å². The fraction of sp³-hybridized carbons (Fsp3) is 0.0526. The number of carbonyl (C=O) groups excluding carboxylic acids is 1. The van der Waals surface area contributed by atoms with Gasteiger partial charge in [0.15, 0.2) is 0 Å². The lowest BCUT2D eigenvalue weighted by atomic mass is 10.2. The monoisotopic (exact) mass is 346 g/mol. The van der Waals surface area contributed by atoms with Gasteiger partial charge in [-0.3, -0.25) is 4.79 Å². The number of hydrogen-bond donors (Lipinski definition) is 2. The van der Waals surface area contributed by atoms with Gasteiger partial charge < -0.3 is 10.3 Å². The average molecular weight is 346 g/mol. The summed E-state index contributed by atoms with van der Waals surface area (Å²) in [6.45, 7) is 5.60. The van der Waals surface area contributed by atoms with Gasteiger partial charge in [0.2, 0.25) is 0 Å². The first-order valence-electron chi connectivity index (χ1n) is 7.99. The van der Waals surface area contributed by atoms with Crippen LogP contribution in [-0.2, 0) is 4.79 Å². The van der Waals surface area contributed by atoms with E-state index in [1.54, 1.807) is 48.6 Å². The molecule has 0 unspecified atom stereocenters. The van der Waals surface area contributed by atoms with E-state index in [1.807, 2.05) is 30.3 Å². The molecule has 1 amide bonds. The second-order valence-electron chi connectivity index (χ2n) is 5.35. The molecule has 2 heterocycles. The Bertz CT molecular complexity index is 951. The zero-order valence-corrected chi connectivity index (χ0v) is 14.3. The first-order valence-corrected chi connectivity index (χ1v) is 7.99. The molecule has 0 atom stereocenters. The molecule has 3 aromatic rings. The van der Waals surface area contributed by atoms with E-state index in [2.05, 4.69) is 32.2 Å². The van der Waals surface area contributed by atoms with E-state index in [0.29, 0.717) is 17.0 Å². The molecule has 0 aliphatic heterocycles. The Morgan fingerprint density at radius 2 is 2.12 bits per heavy atom. The van der Waals surface area contributed by atoms with Crippen LogP contribution < -0.4 is 5.32 Å². The van der Waals surface area contributed by atoms with Crippen LogP contribution in [0.3, 0.4) is 0 Å². The predicted molar refractivity (Wildman–Crippen MR) is 101 cm³/mol. The molecular formula is C19H18N6O. The van der Waals surface area contributed by atoms with Crippen molar-refractivity contribution in [3.8, 4) is 11.4 Å². The van der Waals surface area contributed by atoms with Crippen molar-refractivity contribution in [2.24, 2.45) is 0 Å². The molecule has 3 rings (SSSR count). The molecule has 0 fully saturated rings. The molecule has 0 saturated heterocycles. The van der Waals surface area contributed by atoms with Crippen molar-refractivity contribution in [3.05, 3.63) is 79.4 Å². The topological polar surface area (TPSA) is 88.5 Å².